The standard InChI is InChI=1S/C26H23N5O3.C2HF3O2/c1-17-6-4-7-18(12-17)13-24(32)29-21-15-28-31(16-21)23-11-3-2-10-22(23)26(34)30-20-9-5-8-19(14-20)25(27)33;3-2(4,5)1(6)7/h2-12,14-16H,13H2,1H3,(H2,27,33)(H,29,32)(H,30,34);(H,6,7). The van der Waals surface area contributed by atoms with Crippen molar-refractivity contribution in [3.05, 3.63) is 107 Å². The number of carboxylic acid groups (broad SMARTS) is 1. The highest BCUT2D eigenvalue weighted by molar-refractivity contribution is 6.07. The number of nitrogens with zero attached hydrogens (tertiary/aromatic N) is 2. The van der Waals surface area contributed by atoms with Crippen molar-refractivity contribution in [2.45, 2.75) is 19.5 Å². The molecule has 0 unspecified atom stereocenters. The van der Waals surface area contributed by atoms with Crippen LogP contribution in [0.4, 0.5) is 24.5 Å². The largest absolute Gasteiger partial charge is 0.490 e. The van der Waals surface area contributed by atoms with Gasteiger partial charge in [0.1, 0.15) is 0 Å². The number of carbonyl (C=O) groups excluding carboxylic acids is 3. The molecule has 0 radical (unpaired) electrons. The summed E-state index contributed by atoms with van der Waals surface area (Å²) < 4.78 is 33.3. The number of nitrogens with one attached hydrogen (secondary N) is 2. The lowest BCUT2D eigenvalue weighted by molar-refractivity contribution is -0.192. The van der Waals surface area contributed by atoms with Crippen LogP contribution in [-0.2, 0) is 16.0 Å². The summed E-state index contributed by atoms with van der Waals surface area (Å²) in [5, 5.41) is 17.0. The van der Waals surface area contributed by atoms with Gasteiger partial charge >= 0.3 is 12.1 Å². The molecule has 0 bridgehead atoms. The second kappa shape index (κ2) is 13.1. The number of aliphatic carboxylic acids is 1. The highest BCUT2D eigenvalue weighted by atomic mass is 19.4. The Morgan fingerprint density at radius 1 is 0.927 bits per heavy atom. The predicted molar refractivity (Wildman–Crippen MR) is 144 cm³/mol. The zero-order chi connectivity index (χ0) is 30.2. The van der Waals surface area contributed by atoms with Crippen LogP contribution in [0.1, 0.15) is 31.8 Å². The number of halogens is 3. The van der Waals surface area contributed by atoms with Crippen LogP contribution in [0.25, 0.3) is 5.69 Å². The fraction of sp³-hybridized carbons (Fsp3) is 0.107. The summed E-state index contributed by atoms with van der Waals surface area (Å²) in [5.41, 5.74) is 9.49. The van der Waals surface area contributed by atoms with E-state index in [-0.39, 0.29) is 18.2 Å². The highest BCUT2D eigenvalue weighted by Crippen LogP contribution is 2.19. The molecule has 212 valence electrons. The van der Waals surface area contributed by atoms with Crippen molar-refractivity contribution in [1.29, 1.82) is 0 Å². The second-order valence-electron chi connectivity index (χ2n) is 8.61. The maximum absolute atomic E-state index is 13.0. The third-order valence-corrected chi connectivity index (χ3v) is 5.36. The van der Waals surface area contributed by atoms with E-state index in [1.54, 1.807) is 48.7 Å². The van der Waals surface area contributed by atoms with Gasteiger partial charge in [0.05, 0.1) is 35.8 Å². The summed E-state index contributed by atoms with van der Waals surface area (Å²) in [6, 6.07) is 21.1. The zero-order valence-corrected chi connectivity index (χ0v) is 21.5. The third kappa shape index (κ3) is 8.78. The van der Waals surface area contributed by atoms with Crippen molar-refractivity contribution >= 4 is 35.1 Å². The topological polar surface area (TPSA) is 156 Å². The van der Waals surface area contributed by atoms with E-state index in [4.69, 9.17) is 15.6 Å². The average Bonchev–Trinajstić information content (AvgIpc) is 3.36. The molecule has 0 aliphatic carbocycles. The van der Waals surface area contributed by atoms with Gasteiger partial charge in [0.25, 0.3) is 5.91 Å². The maximum atomic E-state index is 13.0. The van der Waals surface area contributed by atoms with Gasteiger partial charge in [-0.3, -0.25) is 14.4 Å². The molecule has 5 N–H and O–H groups in total. The van der Waals surface area contributed by atoms with E-state index in [9.17, 15) is 27.6 Å². The normalized spacial score (nSPS) is 10.6. The van der Waals surface area contributed by atoms with E-state index in [1.165, 1.54) is 16.9 Å². The number of rotatable bonds is 7. The Morgan fingerprint density at radius 3 is 2.27 bits per heavy atom. The molecule has 10 nitrogen and oxygen atoms in total. The SMILES string of the molecule is Cc1cccc(CC(=O)Nc2cnn(-c3ccccc3C(=O)Nc3cccc(C(N)=O)c3)c2)c1.O=C(O)C(F)(F)F. The maximum Gasteiger partial charge on any atom is 0.490 e. The lowest BCUT2D eigenvalue weighted by Crippen LogP contribution is -2.21. The quantitative estimate of drug-likeness (QED) is 0.260. The van der Waals surface area contributed by atoms with Gasteiger partial charge in [-0.15, -0.1) is 0 Å². The van der Waals surface area contributed by atoms with Crippen LogP contribution in [0.3, 0.4) is 0 Å². The van der Waals surface area contributed by atoms with Crippen molar-refractivity contribution in [1.82, 2.24) is 9.78 Å². The van der Waals surface area contributed by atoms with Crippen molar-refractivity contribution in [2.75, 3.05) is 10.6 Å². The fourth-order valence-corrected chi connectivity index (χ4v) is 3.55. The molecule has 41 heavy (non-hydrogen) atoms. The first-order valence-electron chi connectivity index (χ1n) is 11.8. The average molecular weight is 568 g/mol. The van der Waals surface area contributed by atoms with Gasteiger partial charge in [0.15, 0.2) is 0 Å². The number of nitrogens with two attached hydrogens (primary N) is 1. The van der Waals surface area contributed by atoms with Crippen LogP contribution >= 0.6 is 0 Å². The van der Waals surface area contributed by atoms with Gasteiger partial charge in [0, 0.05) is 11.3 Å². The van der Waals surface area contributed by atoms with Gasteiger partial charge in [-0.25, -0.2) is 9.48 Å². The summed E-state index contributed by atoms with van der Waals surface area (Å²) in [5.74, 6) is -3.87. The molecule has 3 aromatic carbocycles. The molecular formula is C28H24F3N5O5. The van der Waals surface area contributed by atoms with Crippen LogP contribution in [0.5, 0.6) is 0 Å². The Morgan fingerprint density at radius 2 is 1.61 bits per heavy atom. The molecule has 4 rings (SSSR count). The molecule has 0 aliphatic rings. The lowest BCUT2D eigenvalue weighted by Gasteiger charge is -2.11. The van der Waals surface area contributed by atoms with Crippen LogP contribution in [0.15, 0.2) is 85.2 Å². The molecule has 0 atom stereocenters. The number of aromatic nitrogens is 2. The molecule has 0 saturated carbocycles. The number of carboxylic acids is 1. The van der Waals surface area contributed by atoms with Crippen LogP contribution in [0, 0.1) is 6.92 Å². The molecule has 1 heterocycles. The Labute approximate surface area is 231 Å². The summed E-state index contributed by atoms with van der Waals surface area (Å²) >= 11 is 0. The van der Waals surface area contributed by atoms with Crippen LogP contribution in [-0.4, -0.2) is 44.8 Å². The van der Waals surface area contributed by atoms with Crippen LogP contribution < -0.4 is 16.4 Å². The Hall–Kier alpha value is -5.46. The minimum atomic E-state index is -5.08. The summed E-state index contributed by atoms with van der Waals surface area (Å²) in [6.45, 7) is 1.98. The molecule has 0 saturated heterocycles. The van der Waals surface area contributed by atoms with Crippen molar-refractivity contribution in [3.8, 4) is 5.69 Å². The highest BCUT2D eigenvalue weighted by Gasteiger charge is 2.38. The molecule has 0 spiro atoms. The fourth-order valence-electron chi connectivity index (χ4n) is 3.55. The van der Waals surface area contributed by atoms with Gasteiger partial charge < -0.3 is 21.5 Å². The van der Waals surface area contributed by atoms with Gasteiger partial charge in [-0.1, -0.05) is 48.0 Å². The molecule has 13 heteroatoms. The van der Waals surface area contributed by atoms with E-state index in [1.807, 2.05) is 31.2 Å². The van der Waals surface area contributed by atoms with Crippen LogP contribution in [0.2, 0.25) is 0 Å². The third-order valence-electron chi connectivity index (χ3n) is 5.36. The number of hydrogen-bond donors (Lipinski definition) is 4. The Balaban J connectivity index is 0.000000587. The molecular weight excluding hydrogens is 543 g/mol. The first kappa shape index (κ1) is 30.1. The lowest BCUT2D eigenvalue weighted by atomic mass is 10.1. The number of anilines is 2. The number of amides is 3. The number of aryl methyl sites for hydroxylation is 1. The minimum Gasteiger partial charge on any atom is -0.475 e. The Bertz CT molecular complexity index is 1580. The molecule has 4 aromatic rings. The molecule has 1 aromatic heterocycles. The number of alkyl halides is 3. The van der Waals surface area contributed by atoms with Gasteiger partial charge in [-0.2, -0.15) is 18.3 Å². The summed E-state index contributed by atoms with van der Waals surface area (Å²) in [4.78, 5) is 45.7. The van der Waals surface area contributed by atoms with E-state index in [0.29, 0.717) is 28.2 Å². The summed E-state index contributed by atoms with van der Waals surface area (Å²) in [7, 11) is 0. The minimum absolute atomic E-state index is 0.162. The molecule has 0 aliphatic heterocycles. The first-order chi connectivity index (χ1) is 19.3. The number of primary amides is 1. The van der Waals surface area contributed by atoms with Gasteiger partial charge in [0.2, 0.25) is 11.8 Å². The zero-order valence-electron chi connectivity index (χ0n) is 21.5. The van der Waals surface area contributed by atoms with Crippen molar-refractivity contribution in [2.24, 2.45) is 5.73 Å². The predicted octanol–water partition coefficient (Wildman–Crippen LogP) is 4.35. The van der Waals surface area contributed by atoms with Gasteiger partial charge in [-0.05, 0) is 42.8 Å². The van der Waals surface area contributed by atoms with E-state index >= 15 is 0 Å². The first-order valence-corrected chi connectivity index (χ1v) is 11.8. The number of hydrogen-bond acceptors (Lipinski definition) is 5. The van der Waals surface area contributed by atoms with Crippen molar-refractivity contribution < 1.29 is 37.5 Å². The second-order valence-corrected chi connectivity index (χ2v) is 8.61. The summed E-state index contributed by atoms with van der Waals surface area (Å²) in [6.07, 6.45) is -1.66. The van der Waals surface area contributed by atoms with E-state index < -0.39 is 18.1 Å². The van der Waals surface area contributed by atoms with E-state index in [2.05, 4.69) is 15.7 Å². The number of benzene rings is 3. The van der Waals surface area contributed by atoms with E-state index in [0.717, 1.165) is 11.1 Å². The number of carbonyl (C=O) groups is 4. The Kier molecular flexibility index (Phi) is 9.59. The molecule has 3 amide bonds. The molecule has 0 fully saturated rings. The monoisotopic (exact) mass is 567 g/mol. The number of para-hydroxylation sites is 1. The smallest absolute Gasteiger partial charge is 0.475 e. The van der Waals surface area contributed by atoms with Crippen molar-refractivity contribution in [3.63, 3.8) is 0 Å².